The van der Waals surface area contributed by atoms with Crippen molar-refractivity contribution in [3.63, 3.8) is 0 Å². The lowest BCUT2D eigenvalue weighted by molar-refractivity contribution is 0.144. The summed E-state index contributed by atoms with van der Waals surface area (Å²) in [4.78, 5) is 4.60. The zero-order chi connectivity index (χ0) is 16.0. The molecule has 0 bridgehead atoms. The Kier molecular flexibility index (Phi) is 14.2. The quantitative estimate of drug-likeness (QED) is 0.257. The summed E-state index contributed by atoms with van der Waals surface area (Å²) in [6.07, 6.45) is 3.14. The van der Waals surface area contributed by atoms with Crippen LogP contribution in [0.1, 0.15) is 37.8 Å². The van der Waals surface area contributed by atoms with Gasteiger partial charge in [-0.05, 0) is 45.6 Å². The van der Waals surface area contributed by atoms with E-state index in [9.17, 15) is 0 Å². The fourth-order valence-corrected chi connectivity index (χ4v) is 2.07. The van der Waals surface area contributed by atoms with Crippen LogP contribution in [0.25, 0.3) is 0 Å². The van der Waals surface area contributed by atoms with Gasteiger partial charge in [-0.2, -0.15) is 0 Å². The summed E-state index contributed by atoms with van der Waals surface area (Å²) in [5, 5.41) is 6.68. The van der Waals surface area contributed by atoms with Gasteiger partial charge >= 0.3 is 0 Å². The van der Waals surface area contributed by atoms with Gasteiger partial charge in [0.15, 0.2) is 5.96 Å². The molecule has 1 aromatic rings. The number of aryl methyl sites for hydroxylation is 1. The van der Waals surface area contributed by atoms with Crippen LogP contribution in [0.5, 0.6) is 0 Å². The largest absolute Gasteiger partial charge is 0.382 e. The maximum atomic E-state index is 5.33. The molecule has 0 spiro atoms. The zero-order valence-corrected chi connectivity index (χ0v) is 17.1. The van der Waals surface area contributed by atoms with Gasteiger partial charge in [-0.1, -0.05) is 29.8 Å². The number of hydrogen-bond donors (Lipinski definition) is 2. The standard InChI is InChI=1S/C18H31N3O.HI/c1-4-19-18(20-13-6-7-15-22-5-2)21-14-12-17-10-8-16(3)9-11-17;/h8-11H,4-7,12-15H2,1-3H3,(H2,19,20,21);1H. The molecule has 0 aromatic heterocycles. The number of nitrogens with zero attached hydrogens (tertiary/aromatic N) is 1. The van der Waals surface area contributed by atoms with Crippen molar-refractivity contribution in [3.8, 4) is 0 Å². The lowest BCUT2D eigenvalue weighted by Crippen LogP contribution is -2.38. The Balaban J connectivity index is 0.00000484. The third-order valence-electron chi connectivity index (χ3n) is 3.34. The van der Waals surface area contributed by atoms with Gasteiger partial charge in [0.2, 0.25) is 0 Å². The van der Waals surface area contributed by atoms with Gasteiger partial charge in [0.25, 0.3) is 0 Å². The van der Waals surface area contributed by atoms with Crippen molar-refractivity contribution in [1.82, 2.24) is 10.6 Å². The average molecular weight is 433 g/mol. The van der Waals surface area contributed by atoms with E-state index in [0.29, 0.717) is 0 Å². The molecule has 0 aliphatic rings. The van der Waals surface area contributed by atoms with E-state index in [-0.39, 0.29) is 24.0 Å². The molecule has 132 valence electrons. The predicted molar refractivity (Wildman–Crippen MR) is 110 cm³/mol. The molecule has 0 amide bonds. The smallest absolute Gasteiger partial charge is 0.191 e. The number of guanidine groups is 1. The van der Waals surface area contributed by atoms with E-state index in [1.165, 1.54) is 11.1 Å². The Labute approximate surface area is 158 Å². The van der Waals surface area contributed by atoms with Crippen molar-refractivity contribution in [1.29, 1.82) is 0 Å². The number of ether oxygens (including phenoxy) is 1. The molecule has 5 heteroatoms. The van der Waals surface area contributed by atoms with E-state index in [1.54, 1.807) is 0 Å². The van der Waals surface area contributed by atoms with Crippen LogP contribution in [-0.2, 0) is 11.2 Å². The highest BCUT2D eigenvalue weighted by Gasteiger charge is 1.98. The summed E-state index contributed by atoms with van der Waals surface area (Å²) in [5.41, 5.74) is 2.66. The van der Waals surface area contributed by atoms with Gasteiger partial charge in [0, 0.05) is 32.8 Å². The molecule has 0 saturated heterocycles. The summed E-state index contributed by atoms with van der Waals surface area (Å²) >= 11 is 0. The Morgan fingerprint density at radius 2 is 1.83 bits per heavy atom. The Bertz CT molecular complexity index is 421. The van der Waals surface area contributed by atoms with Gasteiger partial charge in [0.1, 0.15) is 0 Å². The molecular weight excluding hydrogens is 401 g/mol. The van der Waals surface area contributed by atoms with E-state index < -0.39 is 0 Å². The van der Waals surface area contributed by atoms with E-state index in [2.05, 4.69) is 53.7 Å². The van der Waals surface area contributed by atoms with E-state index in [4.69, 9.17) is 4.74 Å². The molecule has 0 fully saturated rings. The van der Waals surface area contributed by atoms with Gasteiger partial charge in [0.05, 0.1) is 0 Å². The monoisotopic (exact) mass is 433 g/mol. The second-order valence-corrected chi connectivity index (χ2v) is 5.33. The van der Waals surface area contributed by atoms with Crippen LogP contribution in [-0.4, -0.2) is 38.8 Å². The number of hydrogen-bond acceptors (Lipinski definition) is 2. The molecule has 4 nitrogen and oxygen atoms in total. The molecule has 0 aliphatic heterocycles. The first-order valence-corrected chi connectivity index (χ1v) is 8.41. The summed E-state index contributed by atoms with van der Waals surface area (Å²) in [7, 11) is 0. The third kappa shape index (κ3) is 11.4. The first-order chi connectivity index (χ1) is 10.8. The van der Waals surface area contributed by atoms with Gasteiger partial charge in [-0.3, -0.25) is 4.99 Å². The van der Waals surface area contributed by atoms with Crippen LogP contribution in [0.15, 0.2) is 29.3 Å². The van der Waals surface area contributed by atoms with Crippen LogP contribution in [0.2, 0.25) is 0 Å². The van der Waals surface area contributed by atoms with Crippen molar-refractivity contribution in [2.24, 2.45) is 4.99 Å². The minimum absolute atomic E-state index is 0. The highest BCUT2D eigenvalue weighted by atomic mass is 127. The van der Waals surface area contributed by atoms with Crippen molar-refractivity contribution in [2.45, 2.75) is 40.0 Å². The normalized spacial score (nSPS) is 11.0. The Morgan fingerprint density at radius 1 is 1.09 bits per heavy atom. The second kappa shape index (κ2) is 14.8. The van der Waals surface area contributed by atoms with E-state index in [1.807, 2.05) is 6.92 Å². The van der Waals surface area contributed by atoms with Gasteiger partial charge < -0.3 is 15.4 Å². The van der Waals surface area contributed by atoms with Crippen LogP contribution < -0.4 is 10.6 Å². The molecule has 0 radical (unpaired) electrons. The van der Waals surface area contributed by atoms with Crippen LogP contribution in [0.4, 0.5) is 0 Å². The third-order valence-corrected chi connectivity index (χ3v) is 3.34. The molecule has 0 unspecified atom stereocenters. The van der Waals surface area contributed by atoms with Gasteiger partial charge in [-0.25, -0.2) is 0 Å². The molecule has 1 rings (SSSR count). The molecular formula is C18H32IN3O. The minimum atomic E-state index is 0. The lowest BCUT2D eigenvalue weighted by Gasteiger charge is -2.11. The number of benzene rings is 1. The number of nitrogens with one attached hydrogen (secondary N) is 2. The molecule has 0 aliphatic carbocycles. The number of unbranched alkanes of at least 4 members (excludes halogenated alkanes) is 1. The zero-order valence-electron chi connectivity index (χ0n) is 14.7. The SMILES string of the molecule is CCNC(=NCCCCOCC)NCCc1ccc(C)cc1.I. The second-order valence-electron chi connectivity index (χ2n) is 5.33. The first-order valence-electron chi connectivity index (χ1n) is 8.41. The molecule has 1 aromatic carbocycles. The Morgan fingerprint density at radius 3 is 2.48 bits per heavy atom. The number of halogens is 1. The van der Waals surface area contributed by atoms with Crippen LogP contribution >= 0.6 is 24.0 Å². The highest BCUT2D eigenvalue weighted by Crippen LogP contribution is 2.03. The van der Waals surface area contributed by atoms with Crippen molar-refractivity contribution < 1.29 is 4.74 Å². The summed E-state index contributed by atoms with van der Waals surface area (Å²) in [5.74, 6) is 0.908. The van der Waals surface area contributed by atoms with Gasteiger partial charge in [-0.15, -0.1) is 24.0 Å². The lowest BCUT2D eigenvalue weighted by atomic mass is 10.1. The van der Waals surface area contributed by atoms with Crippen molar-refractivity contribution in [2.75, 3.05) is 32.8 Å². The van der Waals surface area contributed by atoms with Crippen LogP contribution in [0.3, 0.4) is 0 Å². The Hall–Kier alpha value is -0.820. The maximum Gasteiger partial charge on any atom is 0.191 e. The minimum Gasteiger partial charge on any atom is -0.382 e. The molecule has 0 saturated carbocycles. The predicted octanol–water partition coefficient (Wildman–Crippen LogP) is 3.53. The van der Waals surface area contributed by atoms with E-state index >= 15 is 0 Å². The van der Waals surface area contributed by atoms with E-state index in [0.717, 1.165) is 58.1 Å². The average Bonchev–Trinajstić information content (AvgIpc) is 2.52. The molecule has 2 N–H and O–H groups in total. The molecule has 0 heterocycles. The number of aliphatic imine (C=N–C) groups is 1. The van der Waals surface area contributed by atoms with Crippen molar-refractivity contribution >= 4 is 29.9 Å². The highest BCUT2D eigenvalue weighted by molar-refractivity contribution is 14.0. The topological polar surface area (TPSA) is 45.7 Å². The molecule has 23 heavy (non-hydrogen) atoms. The molecule has 0 atom stereocenters. The fraction of sp³-hybridized carbons (Fsp3) is 0.611. The summed E-state index contributed by atoms with van der Waals surface area (Å²) in [6.45, 7) is 10.5. The first kappa shape index (κ1) is 22.2. The summed E-state index contributed by atoms with van der Waals surface area (Å²) in [6, 6.07) is 8.70. The maximum absolute atomic E-state index is 5.33. The van der Waals surface area contributed by atoms with Crippen molar-refractivity contribution in [3.05, 3.63) is 35.4 Å². The summed E-state index contributed by atoms with van der Waals surface area (Å²) < 4.78 is 5.33. The number of rotatable bonds is 10. The fourth-order valence-electron chi connectivity index (χ4n) is 2.07. The van der Waals surface area contributed by atoms with Crippen LogP contribution in [0, 0.1) is 6.92 Å².